The SMILES string of the molecule is CC(C)CCOc1ccc(C(=O)N2CCN(c3ccccc3[N+](=O)[O-])CC2)cc1. The van der Waals surface area contributed by atoms with Gasteiger partial charge in [0, 0.05) is 37.8 Å². The average Bonchev–Trinajstić information content (AvgIpc) is 2.73. The van der Waals surface area contributed by atoms with Gasteiger partial charge in [0.15, 0.2) is 0 Å². The number of amides is 1. The van der Waals surface area contributed by atoms with E-state index in [0.717, 1.165) is 12.2 Å². The maximum absolute atomic E-state index is 12.8. The summed E-state index contributed by atoms with van der Waals surface area (Å²) in [6, 6.07) is 14.0. The highest BCUT2D eigenvalue weighted by atomic mass is 16.6. The number of para-hydroxylation sites is 2. The third-order valence-corrected chi connectivity index (χ3v) is 5.05. The molecule has 7 nitrogen and oxygen atoms in total. The zero-order chi connectivity index (χ0) is 20.8. The lowest BCUT2D eigenvalue weighted by Gasteiger charge is -2.35. The van der Waals surface area contributed by atoms with E-state index < -0.39 is 0 Å². The van der Waals surface area contributed by atoms with E-state index in [2.05, 4.69) is 13.8 Å². The molecule has 1 amide bonds. The van der Waals surface area contributed by atoms with E-state index in [9.17, 15) is 14.9 Å². The molecule has 0 N–H and O–H groups in total. The number of nitro benzene ring substituents is 1. The van der Waals surface area contributed by atoms with Crippen molar-refractivity contribution in [1.29, 1.82) is 0 Å². The lowest BCUT2D eigenvalue weighted by Crippen LogP contribution is -2.48. The summed E-state index contributed by atoms with van der Waals surface area (Å²) in [5.74, 6) is 1.33. The van der Waals surface area contributed by atoms with Crippen LogP contribution in [0.25, 0.3) is 0 Å². The third-order valence-electron chi connectivity index (χ3n) is 5.05. The van der Waals surface area contributed by atoms with Crippen LogP contribution in [0.15, 0.2) is 48.5 Å². The largest absolute Gasteiger partial charge is 0.494 e. The van der Waals surface area contributed by atoms with E-state index in [0.29, 0.717) is 50.0 Å². The number of nitro groups is 1. The molecule has 2 aromatic rings. The minimum Gasteiger partial charge on any atom is -0.494 e. The van der Waals surface area contributed by atoms with Crippen LogP contribution in [0.2, 0.25) is 0 Å². The van der Waals surface area contributed by atoms with Crippen LogP contribution in [0.4, 0.5) is 11.4 Å². The lowest BCUT2D eigenvalue weighted by atomic mass is 10.1. The molecule has 0 aromatic heterocycles. The van der Waals surface area contributed by atoms with E-state index in [-0.39, 0.29) is 16.5 Å². The number of piperazine rings is 1. The summed E-state index contributed by atoms with van der Waals surface area (Å²) in [6.45, 7) is 7.15. The second kappa shape index (κ2) is 9.41. The van der Waals surface area contributed by atoms with Gasteiger partial charge in [-0.2, -0.15) is 0 Å². The third kappa shape index (κ3) is 5.25. The molecule has 1 aliphatic rings. The number of carbonyl (C=O) groups is 1. The van der Waals surface area contributed by atoms with Crippen LogP contribution in [0, 0.1) is 16.0 Å². The van der Waals surface area contributed by atoms with Crippen molar-refractivity contribution in [1.82, 2.24) is 4.90 Å². The highest BCUT2D eigenvalue weighted by Crippen LogP contribution is 2.28. The maximum atomic E-state index is 12.8. The smallest absolute Gasteiger partial charge is 0.292 e. The molecule has 154 valence electrons. The standard InChI is InChI=1S/C22H27N3O4/c1-17(2)11-16-29-19-9-7-18(8-10-19)22(26)24-14-12-23(13-15-24)20-5-3-4-6-21(20)25(27)28/h3-10,17H,11-16H2,1-2H3. The van der Waals surface area contributed by atoms with Crippen molar-refractivity contribution in [2.24, 2.45) is 5.92 Å². The molecule has 1 fully saturated rings. The molecule has 0 bridgehead atoms. The molecule has 0 unspecified atom stereocenters. The first kappa shape index (κ1) is 20.6. The molecule has 7 heteroatoms. The molecular formula is C22H27N3O4. The second-order valence-corrected chi connectivity index (χ2v) is 7.58. The summed E-state index contributed by atoms with van der Waals surface area (Å²) in [5, 5.41) is 11.3. The molecule has 0 saturated carbocycles. The normalized spacial score (nSPS) is 14.2. The Morgan fingerprint density at radius 2 is 1.72 bits per heavy atom. The van der Waals surface area contributed by atoms with Gasteiger partial charge >= 0.3 is 0 Å². The molecule has 0 radical (unpaired) electrons. The van der Waals surface area contributed by atoms with E-state index in [1.54, 1.807) is 35.2 Å². The monoisotopic (exact) mass is 397 g/mol. The predicted molar refractivity (Wildman–Crippen MR) is 113 cm³/mol. The van der Waals surface area contributed by atoms with Gasteiger partial charge in [0.1, 0.15) is 11.4 Å². The molecule has 3 rings (SSSR count). The number of rotatable bonds is 7. The first-order valence-corrected chi connectivity index (χ1v) is 9.96. The van der Waals surface area contributed by atoms with Crippen LogP contribution in [0.5, 0.6) is 5.75 Å². The Kier molecular flexibility index (Phi) is 6.69. The predicted octanol–water partition coefficient (Wildman–Crippen LogP) is 3.98. The van der Waals surface area contributed by atoms with E-state index in [1.807, 2.05) is 17.0 Å². The number of anilines is 1. The summed E-state index contributed by atoms with van der Waals surface area (Å²) in [7, 11) is 0. The number of hydrogen-bond acceptors (Lipinski definition) is 5. The zero-order valence-corrected chi connectivity index (χ0v) is 16.9. The first-order valence-electron chi connectivity index (χ1n) is 9.96. The summed E-state index contributed by atoms with van der Waals surface area (Å²) in [4.78, 5) is 27.4. The molecule has 0 atom stereocenters. The number of hydrogen-bond donors (Lipinski definition) is 0. The molecule has 1 saturated heterocycles. The van der Waals surface area contributed by atoms with Crippen molar-refractivity contribution < 1.29 is 14.5 Å². The van der Waals surface area contributed by atoms with E-state index in [1.165, 1.54) is 6.07 Å². The van der Waals surface area contributed by atoms with Crippen molar-refractivity contribution in [2.45, 2.75) is 20.3 Å². The van der Waals surface area contributed by atoms with Gasteiger partial charge in [-0.25, -0.2) is 0 Å². The van der Waals surface area contributed by atoms with Gasteiger partial charge in [-0.15, -0.1) is 0 Å². The number of carbonyl (C=O) groups excluding carboxylic acids is 1. The topological polar surface area (TPSA) is 75.9 Å². The van der Waals surface area contributed by atoms with Crippen molar-refractivity contribution in [3.63, 3.8) is 0 Å². The Morgan fingerprint density at radius 3 is 2.34 bits per heavy atom. The Morgan fingerprint density at radius 1 is 1.07 bits per heavy atom. The van der Waals surface area contributed by atoms with Gasteiger partial charge in [-0.3, -0.25) is 14.9 Å². The van der Waals surface area contributed by atoms with Crippen molar-refractivity contribution in [3.05, 3.63) is 64.2 Å². The minimum absolute atomic E-state index is 0.0269. The number of benzene rings is 2. The highest BCUT2D eigenvalue weighted by molar-refractivity contribution is 5.94. The summed E-state index contributed by atoms with van der Waals surface area (Å²) >= 11 is 0. The Bertz CT molecular complexity index is 843. The van der Waals surface area contributed by atoms with Crippen LogP contribution in [0.1, 0.15) is 30.6 Å². The van der Waals surface area contributed by atoms with E-state index in [4.69, 9.17) is 4.74 Å². The Labute approximate surface area is 171 Å². The first-order chi connectivity index (χ1) is 14.0. The molecule has 1 aliphatic heterocycles. The summed E-state index contributed by atoms with van der Waals surface area (Å²) < 4.78 is 5.70. The molecule has 2 aromatic carbocycles. The fraction of sp³-hybridized carbons (Fsp3) is 0.409. The summed E-state index contributed by atoms with van der Waals surface area (Å²) in [6.07, 6.45) is 0.991. The zero-order valence-electron chi connectivity index (χ0n) is 16.9. The molecule has 29 heavy (non-hydrogen) atoms. The Balaban J connectivity index is 1.57. The van der Waals surface area contributed by atoms with Crippen LogP contribution in [-0.2, 0) is 0 Å². The van der Waals surface area contributed by atoms with Gasteiger partial charge < -0.3 is 14.5 Å². The average molecular weight is 397 g/mol. The van der Waals surface area contributed by atoms with Crippen molar-refractivity contribution >= 4 is 17.3 Å². The quantitative estimate of drug-likeness (QED) is 0.522. The highest BCUT2D eigenvalue weighted by Gasteiger charge is 2.26. The van der Waals surface area contributed by atoms with Crippen LogP contribution in [-0.4, -0.2) is 48.5 Å². The lowest BCUT2D eigenvalue weighted by molar-refractivity contribution is -0.384. The van der Waals surface area contributed by atoms with Gasteiger partial charge in [-0.1, -0.05) is 26.0 Å². The van der Waals surface area contributed by atoms with Gasteiger partial charge in [0.2, 0.25) is 0 Å². The van der Waals surface area contributed by atoms with E-state index >= 15 is 0 Å². The second-order valence-electron chi connectivity index (χ2n) is 7.58. The molecule has 1 heterocycles. The maximum Gasteiger partial charge on any atom is 0.292 e. The van der Waals surface area contributed by atoms with Crippen LogP contribution in [0.3, 0.4) is 0 Å². The van der Waals surface area contributed by atoms with Crippen molar-refractivity contribution in [3.8, 4) is 5.75 Å². The van der Waals surface area contributed by atoms with Gasteiger partial charge in [0.05, 0.1) is 11.5 Å². The minimum atomic E-state index is -0.363. The summed E-state index contributed by atoms with van der Waals surface area (Å²) in [5.41, 5.74) is 1.33. The van der Waals surface area contributed by atoms with Crippen LogP contribution >= 0.6 is 0 Å². The van der Waals surface area contributed by atoms with Gasteiger partial charge in [0.25, 0.3) is 11.6 Å². The van der Waals surface area contributed by atoms with Gasteiger partial charge in [-0.05, 0) is 42.7 Å². The number of nitrogens with zero attached hydrogens (tertiary/aromatic N) is 3. The molecule has 0 spiro atoms. The molecule has 0 aliphatic carbocycles. The Hall–Kier alpha value is -3.09. The fourth-order valence-electron chi connectivity index (χ4n) is 3.33. The van der Waals surface area contributed by atoms with Crippen molar-refractivity contribution in [2.75, 3.05) is 37.7 Å². The number of ether oxygens (including phenoxy) is 1. The fourth-order valence-corrected chi connectivity index (χ4v) is 3.33. The molecular weight excluding hydrogens is 370 g/mol. The van der Waals surface area contributed by atoms with Crippen LogP contribution < -0.4 is 9.64 Å².